The van der Waals surface area contributed by atoms with Gasteiger partial charge in [-0.2, -0.15) is 0 Å². The summed E-state index contributed by atoms with van der Waals surface area (Å²) >= 11 is 0. The van der Waals surface area contributed by atoms with E-state index in [0.717, 1.165) is 77.9 Å². The van der Waals surface area contributed by atoms with Crippen molar-refractivity contribution in [3.05, 3.63) is 0 Å². The molecule has 0 rings (SSSR count). The van der Waals surface area contributed by atoms with Crippen molar-refractivity contribution in [2.45, 2.75) is 181 Å². The first-order chi connectivity index (χ1) is 24.5. The summed E-state index contributed by atoms with van der Waals surface area (Å²) in [7, 11) is 4.11. The number of hydrogen-bond acceptors (Lipinski definition) is 8. The topological polar surface area (TPSA) is 77.5 Å². The molecule has 0 aromatic rings. The van der Waals surface area contributed by atoms with E-state index in [1.54, 1.807) is 0 Å². The Hall–Kier alpha value is -1.22. The van der Waals surface area contributed by atoms with E-state index in [1.165, 1.54) is 116 Å². The lowest BCUT2D eigenvalue weighted by Gasteiger charge is -2.22. The Morgan fingerprint density at radius 2 is 0.740 bits per heavy atom. The van der Waals surface area contributed by atoms with Crippen molar-refractivity contribution in [3.8, 4) is 0 Å². The maximum Gasteiger partial charge on any atom is 0.305 e. The van der Waals surface area contributed by atoms with E-state index < -0.39 is 0 Å². The fourth-order valence-electron chi connectivity index (χ4n) is 6.00. The molecule has 8 heteroatoms. The molecule has 0 fully saturated rings. The molecule has 0 unspecified atom stereocenters. The molecule has 0 radical (unpaired) electrons. The highest BCUT2D eigenvalue weighted by Crippen LogP contribution is 2.12. The van der Waals surface area contributed by atoms with Crippen LogP contribution < -0.4 is 0 Å². The van der Waals surface area contributed by atoms with Gasteiger partial charge in [0.05, 0.1) is 39.6 Å². The van der Waals surface area contributed by atoms with Gasteiger partial charge in [-0.1, -0.05) is 129 Å². The molecule has 0 saturated carbocycles. The first kappa shape index (κ1) is 48.8. The second-order valence-corrected chi connectivity index (χ2v) is 14.6. The smallest absolute Gasteiger partial charge is 0.305 e. The van der Waals surface area contributed by atoms with Crippen LogP contribution in [0.25, 0.3) is 0 Å². The van der Waals surface area contributed by atoms with E-state index >= 15 is 0 Å². The predicted molar refractivity (Wildman–Crippen MR) is 210 cm³/mol. The van der Waals surface area contributed by atoms with Crippen LogP contribution in [0.15, 0.2) is 0 Å². The van der Waals surface area contributed by atoms with Crippen molar-refractivity contribution < 1.29 is 28.5 Å². The van der Waals surface area contributed by atoms with Crippen LogP contribution in [0.1, 0.15) is 181 Å². The fourth-order valence-corrected chi connectivity index (χ4v) is 6.00. The van der Waals surface area contributed by atoms with E-state index in [0.29, 0.717) is 39.3 Å². The summed E-state index contributed by atoms with van der Waals surface area (Å²) in [5, 5.41) is 0. The highest BCUT2D eigenvalue weighted by molar-refractivity contribution is 5.69. The lowest BCUT2D eigenvalue weighted by molar-refractivity contribution is -0.144. The molecule has 0 N–H and O–H groups in total. The zero-order chi connectivity index (χ0) is 36.6. The number of ether oxygens (including phenoxy) is 4. The van der Waals surface area contributed by atoms with E-state index in [4.69, 9.17) is 18.9 Å². The molecule has 8 nitrogen and oxygen atoms in total. The van der Waals surface area contributed by atoms with Crippen LogP contribution in [-0.2, 0) is 28.5 Å². The van der Waals surface area contributed by atoms with Crippen LogP contribution >= 0.6 is 0 Å². The molecule has 0 aliphatic heterocycles. The molecule has 50 heavy (non-hydrogen) atoms. The number of nitrogens with zero attached hydrogens (tertiary/aromatic N) is 2. The third-order valence-electron chi connectivity index (χ3n) is 9.34. The monoisotopic (exact) mass is 713 g/mol. The van der Waals surface area contributed by atoms with Gasteiger partial charge in [0.25, 0.3) is 0 Å². The Morgan fingerprint density at radius 1 is 0.380 bits per heavy atom. The van der Waals surface area contributed by atoms with Gasteiger partial charge in [-0.25, -0.2) is 0 Å². The van der Waals surface area contributed by atoms with Gasteiger partial charge >= 0.3 is 11.9 Å². The number of esters is 2. The van der Waals surface area contributed by atoms with Gasteiger partial charge in [0.2, 0.25) is 0 Å². The maximum atomic E-state index is 12.1. The molecular formula is C42H84N2O6. The van der Waals surface area contributed by atoms with Crippen LogP contribution in [0.4, 0.5) is 0 Å². The predicted octanol–water partition coefficient (Wildman–Crippen LogP) is 10.2. The zero-order valence-electron chi connectivity index (χ0n) is 33.8. The molecule has 0 heterocycles. The first-order valence-electron chi connectivity index (χ1n) is 21.3. The zero-order valence-corrected chi connectivity index (χ0v) is 33.8. The number of carbonyl (C=O) groups is 2. The van der Waals surface area contributed by atoms with Crippen molar-refractivity contribution in [1.82, 2.24) is 9.80 Å². The van der Waals surface area contributed by atoms with Gasteiger partial charge in [-0.3, -0.25) is 9.59 Å². The summed E-state index contributed by atoms with van der Waals surface area (Å²) in [6.07, 6.45) is 29.6. The Bertz CT molecular complexity index is 662. The van der Waals surface area contributed by atoms with E-state index in [-0.39, 0.29) is 11.9 Å². The molecule has 0 spiro atoms. The van der Waals surface area contributed by atoms with Gasteiger partial charge in [0.15, 0.2) is 0 Å². The normalized spacial score (nSPS) is 11.6. The minimum Gasteiger partial charge on any atom is -0.466 e. The van der Waals surface area contributed by atoms with E-state index in [2.05, 4.69) is 37.7 Å². The van der Waals surface area contributed by atoms with Gasteiger partial charge in [-0.05, 0) is 65.7 Å². The number of unbranched alkanes of at least 4 members (excludes halogenated alkanes) is 20. The highest BCUT2D eigenvalue weighted by atomic mass is 16.5. The van der Waals surface area contributed by atoms with Crippen LogP contribution in [0, 0.1) is 0 Å². The summed E-state index contributed by atoms with van der Waals surface area (Å²) < 4.78 is 22.4. The summed E-state index contributed by atoms with van der Waals surface area (Å²) in [6.45, 7) is 12.5. The Labute approximate surface area is 310 Å². The number of carbonyl (C=O) groups excluding carboxylic acids is 2. The van der Waals surface area contributed by atoms with E-state index in [9.17, 15) is 9.59 Å². The lowest BCUT2D eigenvalue weighted by Crippen LogP contribution is -2.30. The second kappa shape index (κ2) is 40.5. The second-order valence-electron chi connectivity index (χ2n) is 14.6. The van der Waals surface area contributed by atoms with Gasteiger partial charge in [0, 0.05) is 25.9 Å². The highest BCUT2D eigenvalue weighted by Gasteiger charge is 2.07. The maximum absolute atomic E-state index is 12.1. The minimum atomic E-state index is -0.0241. The van der Waals surface area contributed by atoms with Crippen LogP contribution in [0.3, 0.4) is 0 Å². The third kappa shape index (κ3) is 39.6. The van der Waals surface area contributed by atoms with Crippen molar-refractivity contribution in [3.63, 3.8) is 0 Å². The average Bonchev–Trinajstić information content (AvgIpc) is 3.10. The van der Waals surface area contributed by atoms with Crippen LogP contribution in [0.2, 0.25) is 0 Å². The molecule has 0 aliphatic carbocycles. The first-order valence-corrected chi connectivity index (χ1v) is 21.3. The Kier molecular flexibility index (Phi) is 39.6. The summed E-state index contributed by atoms with van der Waals surface area (Å²) in [6, 6.07) is 0. The van der Waals surface area contributed by atoms with Crippen molar-refractivity contribution in [2.24, 2.45) is 0 Å². The average molecular weight is 713 g/mol. The molecule has 0 aliphatic rings. The Balaban J connectivity index is 4.03. The van der Waals surface area contributed by atoms with Gasteiger partial charge < -0.3 is 28.7 Å². The van der Waals surface area contributed by atoms with Crippen LogP contribution in [0.5, 0.6) is 0 Å². The lowest BCUT2D eigenvalue weighted by atomic mass is 10.1. The fraction of sp³-hybridized carbons (Fsp3) is 0.952. The minimum absolute atomic E-state index is 0.0241. The molecule has 0 aromatic carbocycles. The van der Waals surface area contributed by atoms with Gasteiger partial charge in [0.1, 0.15) is 0 Å². The summed E-state index contributed by atoms with van der Waals surface area (Å²) in [5.41, 5.74) is 0. The van der Waals surface area contributed by atoms with Gasteiger partial charge in [-0.15, -0.1) is 0 Å². The molecule has 0 saturated heterocycles. The van der Waals surface area contributed by atoms with E-state index in [1.807, 2.05) is 0 Å². The van der Waals surface area contributed by atoms with Crippen molar-refractivity contribution in [1.29, 1.82) is 0 Å². The molecule has 0 aromatic heterocycles. The summed E-state index contributed by atoms with van der Waals surface area (Å²) in [5.74, 6) is -0.0482. The molecular weight excluding hydrogens is 628 g/mol. The number of likely N-dealkylation sites (N-methyl/N-ethyl adjacent to an activating group) is 1. The standard InChI is InChI=1S/C42H84N2O6/c1-5-7-9-11-13-21-27-35-49-41(45)29-23-17-15-19-25-31-44(34-38-48-40-39-47-37-33-43(3)4)32-26-20-16-18-24-30-42(46)50-36-28-22-14-12-10-8-6-2/h5-40H2,1-4H3. The van der Waals surface area contributed by atoms with Crippen LogP contribution in [-0.4, -0.2) is 102 Å². The quantitative estimate of drug-likeness (QED) is 0.0458. The number of rotatable bonds is 41. The Morgan fingerprint density at radius 3 is 1.16 bits per heavy atom. The third-order valence-corrected chi connectivity index (χ3v) is 9.34. The van der Waals surface area contributed by atoms with Crippen molar-refractivity contribution >= 4 is 11.9 Å². The summed E-state index contributed by atoms with van der Waals surface area (Å²) in [4.78, 5) is 28.8. The molecule has 0 amide bonds. The number of hydrogen-bond donors (Lipinski definition) is 0. The molecule has 0 bridgehead atoms. The largest absolute Gasteiger partial charge is 0.466 e. The molecule has 0 atom stereocenters. The van der Waals surface area contributed by atoms with Crippen molar-refractivity contribution in [2.75, 3.05) is 79.9 Å². The molecule has 298 valence electrons. The SMILES string of the molecule is CCCCCCCCCOC(=O)CCCCCCCN(CCCCCCCC(=O)OCCCCCCCCC)CCOCCOCCN(C)C.